The molecular formula is C19H21NO3. The summed E-state index contributed by atoms with van der Waals surface area (Å²) in [7, 11) is 0. The molecule has 1 aromatic carbocycles. The van der Waals surface area contributed by atoms with Crippen LogP contribution in [-0.2, 0) is 9.59 Å². The lowest BCUT2D eigenvalue weighted by Gasteiger charge is -2.24. The van der Waals surface area contributed by atoms with Gasteiger partial charge in [-0.25, -0.2) is 0 Å². The van der Waals surface area contributed by atoms with Gasteiger partial charge in [-0.1, -0.05) is 24.3 Å². The molecule has 0 aliphatic heterocycles. The van der Waals surface area contributed by atoms with Gasteiger partial charge in [0, 0.05) is 5.69 Å². The number of carbonyl (C=O) groups excluding carboxylic acids is 1. The lowest BCUT2D eigenvalue weighted by Crippen LogP contribution is -2.36. The van der Waals surface area contributed by atoms with Crippen molar-refractivity contribution in [3.05, 3.63) is 41.5 Å². The third-order valence-corrected chi connectivity index (χ3v) is 6.08. The molecule has 1 spiro atoms. The van der Waals surface area contributed by atoms with Crippen LogP contribution >= 0.6 is 0 Å². The first kappa shape index (κ1) is 14.5. The Kier molecular flexibility index (Phi) is 2.96. The smallest absolute Gasteiger partial charge is 0.307 e. The van der Waals surface area contributed by atoms with Crippen LogP contribution < -0.4 is 5.32 Å². The molecule has 4 nitrogen and oxygen atoms in total. The van der Waals surface area contributed by atoms with Crippen molar-refractivity contribution in [2.45, 2.75) is 26.7 Å². The second-order valence-corrected chi connectivity index (χ2v) is 7.37. The number of anilines is 1. The first-order valence-electron chi connectivity index (χ1n) is 8.23. The molecule has 2 saturated carbocycles. The minimum Gasteiger partial charge on any atom is -0.481 e. The van der Waals surface area contributed by atoms with E-state index in [0.717, 1.165) is 29.7 Å². The highest BCUT2D eigenvalue weighted by molar-refractivity contribution is 5.97. The molecule has 0 heterocycles. The highest BCUT2D eigenvalue weighted by Crippen LogP contribution is 2.72. The van der Waals surface area contributed by atoms with Gasteiger partial charge in [0.15, 0.2) is 0 Å². The normalized spacial score (nSPS) is 32.3. The Balaban J connectivity index is 1.64. The molecule has 3 aliphatic rings. The Morgan fingerprint density at radius 3 is 2.39 bits per heavy atom. The zero-order chi connectivity index (χ0) is 16.4. The van der Waals surface area contributed by atoms with E-state index >= 15 is 0 Å². The van der Waals surface area contributed by atoms with Gasteiger partial charge in [0.2, 0.25) is 5.91 Å². The summed E-state index contributed by atoms with van der Waals surface area (Å²) in [4.78, 5) is 24.7. The van der Waals surface area contributed by atoms with Crippen LogP contribution in [0.2, 0.25) is 0 Å². The number of carboxylic acid groups (broad SMARTS) is 1. The predicted octanol–water partition coefficient (Wildman–Crippen LogP) is 3.15. The summed E-state index contributed by atoms with van der Waals surface area (Å²) in [5.41, 5.74) is 2.92. The SMILES string of the molecule is Cc1ccc(C)c(NC(=O)[C@@H]2[C@@H](C(=O)O)[C@@H]3C=C[C@H]2C32CC2)c1. The van der Waals surface area contributed by atoms with Gasteiger partial charge in [-0.15, -0.1) is 0 Å². The second kappa shape index (κ2) is 4.70. The first-order valence-corrected chi connectivity index (χ1v) is 8.23. The first-order chi connectivity index (χ1) is 10.9. The molecule has 2 bridgehead atoms. The summed E-state index contributed by atoms with van der Waals surface area (Å²) >= 11 is 0. The van der Waals surface area contributed by atoms with E-state index in [1.54, 1.807) is 0 Å². The highest BCUT2D eigenvalue weighted by Gasteiger charge is 2.70. The summed E-state index contributed by atoms with van der Waals surface area (Å²) in [5.74, 6) is -1.91. The summed E-state index contributed by atoms with van der Waals surface area (Å²) in [6.45, 7) is 3.93. The van der Waals surface area contributed by atoms with E-state index in [0.29, 0.717) is 0 Å². The number of benzene rings is 1. The molecule has 0 saturated heterocycles. The van der Waals surface area contributed by atoms with Crippen molar-refractivity contribution >= 4 is 17.6 Å². The molecule has 1 amide bonds. The number of aryl methyl sites for hydroxylation is 2. The maximum atomic E-state index is 12.9. The Morgan fingerprint density at radius 2 is 1.78 bits per heavy atom. The van der Waals surface area contributed by atoms with Crippen LogP contribution in [0.3, 0.4) is 0 Å². The second-order valence-electron chi connectivity index (χ2n) is 7.37. The van der Waals surface area contributed by atoms with E-state index in [-0.39, 0.29) is 23.2 Å². The summed E-state index contributed by atoms with van der Waals surface area (Å²) in [6, 6.07) is 5.92. The van der Waals surface area contributed by atoms with Gasteiger partial charge in [0.1, 0.15) is 0 Å². The van der Waals surface area contributed by atoms with Gasteiger partial charge in [-0.3, -0.25) is 9.59 Å². The fraction of sp³-hybridized carbons (Fsp3) is 0.474. The summed E-state index contributed by atoms with van der Waals surface area (Å²) < 4.78 is 0. The van der Waals surface area contributed by atoms with Gasteiger partial charge < -0.3 is 10.4 Å². The minimum atomic E-state index is -0.839. The fourth-order valence-corrected chi connectivity index (χ4v) is 4.78. The van der Waals surface area contributed by atoms with E-state index in [2.05, 4.69) is 11.4 Å². The van der Waals surface area contributed by atoms with E-state index < -0.39 is 17.8 Å². The monoisotopic (exact) mass is 311 g/mol. The van der Waals surface area contributed by atoms with Gasteiger partial charge in [-0.05, 0) is 61.1 Å². The van der Waals surface area contributed by atoms with Crippen molar-refractivity contribution < 1.29 is 14.7 Å². The van der Waals surface area contributed by atoms with Crippen LogP contribution in [-0.4, -0.2) is 17.0 Å². The molecular weight excluding hydrogens is 290 g/mol. The number of carbonyl (C=O) groups is 2. The molecule has 0 unspecified atom stereocenters. The number of hydrogen-bond donors (Lipinski definition) is 2. The standard InChI is InChI=1S/C19H21NO3/c1-10-3-4-11(2)14(9-10)20-17(21)15-12-5-6-13(16(15)18(22)23)19(12)7-8-19/h3-6,9,12-13,15-16H,7-8H2,1-2H3,(H,20,21)(H,22,23)/t12-,13+,15+,16+/m1/s1. The van der Waals surface area contributed by atoms with Crippen molar-refractivity contribution in [2.24, 2.45) is 29.1 Å². The molecule has 120 valence electrons. The van der Waals surface area contributed by atoms with Crippen molar-refractivity contribution in [2.75, 3.05) is 5.32 Å². The topological polar surface area (TPSA) is 66.4 Å². The number of nitrogens with one attached hydrogen (secondary N) is 1. The van der Waals surface area contributed by atoms with Crippen molar-refractivity contribution in [1.82, 2.24) is 0 Å². The number of aliphatic carboxylic acids is 1. The van der Waals surface area contributed by atoms with Crippen LogP contribution in [0.4, 0.5) is 5.69 Å². The van der Waals surface area contributed by atoms with Gasteiger partial charge in [0.05, 0.1) is 11.8 Å². The predicted molar refractivity (Wildman–Crippen MR) is 86.9 cm³/mol. The number of carboxylic acids is 1. The number of allylic oxidation sites excluding steroid dienone is 2. The number of hydrogen-bond acceptors (Lipinski definition) is 2. The van der Waals surface area contributed by atoms with Crippen LogP contribution in [0, 0.1) is 42.9 Å². The highest BCUT2D eigenvalue weighted by atomic mass is 16.4. The van der Waals surface area contributed by atoms with Crippen molar-refractivity contribution in [3.63, 3.8) is 0 Å². The Hall–Kier alpha value is -2.10. The molecule has 4 atom stereocenters. The maximum absolute atomic E-state index is 12.9. The van der Waals surface area contributed by atoms with Crippen LogP contribution in [0.5, 0.6) is 0 Å². The summed E-state index contributed by atoms with van der Waals surface area (Å²) in [6.07, 6.45) is 6.22. The summed E-state index contributed by atoms with van der Waals surface area (Å²) in [5, 5.41) is 12.7. The van der Waals surface area contributed by atoms with Gasteiger partial charge >= 0.3 is 5.97 Å². The van der Waals surface area contributed by atoms with E-state index in [1.807, 2.05) is 38.1 Å². The zero-order valence-corrected chi connectivity index (χ0v) is 13.4. The largest absolute Gasteiger partial charge is 0.481 e. The Labute approximate surface area is 135 Å². The third-order valence-electron chi connectivity index (χ3n) is 6.08. The molecule has 4 heteroatoms. The lowest BCUT2D eigenvalue weighted by molar-refractivity contribution is -0.146. The van der Waals surface area contributed by atoms with E-state index in [1.165, 1.54) is 0 Å². The molecule has 23 heavy (non-hydrogen) atoms. The van der Waals surface area contributed by atoms with Crippen LogP contribution in [0.15, 0.2) is 30.4 Å². The van der Waals surface area contributed by atoms with Crippen LogP contribution in [0.25, 0.3) is 0 Å². The molecule has 1 aromatic rings. The van der Waals surface area contributed by atoms with Crippen LogP contribution in [0.1, 0.15) is 24.0 Å². The third kappa shape index (κ3) is 1.97. The Morgan fingerprint density at radius 1 is 1.13 bits per heavy atom. The molecule has 3 aliphatic carbocycles. The van der Waals surface area contributed by atoms with Crippen molar-refractivity contribution in [1.29, 1.82) is 0 Å². The Bertz CT molecular complexity index is 732. The van der Waals surface area contributed by atoms with Gasteiger partial charge in [-0.2, -0.15) is 0 Å². The molecule has 0 aromatic heterocycles. The number of amides is 1. The van der Waals surface area contributed by atoms with Gasteiger partial charge in [0.25, 0.3) is 0 Å². The minimum absolute atomic E-state index is 0.0272. The fourth-order valence-electron chi connectivity index (χ4n) is 4.78. The quantitative estimate of drug-likeness (QED) is 0.843. The zero-order valence-electron chi connectivity index (χ0n) is 13.4. The van der Waals surface area contributed by atoms with E-state index in [4.69, 9.17) is 0 Å². The van der Waals surface area contributed by atoms with E-state index in [9.17, 15) is 14.7 Å². The van der Waals surface area contributed by atoms with Crippen molar-refractivity contribution in [3.8, 4) is 0 Å². The molecule has 2 N–H and O–H groups in total. The average molecular weight is 311 g/mol. The number of rotatable bonds is 3. The molecule has 4 rings (SSSR count). The molecule has 2 fully saturated rings. The maximum Gasteiger partial charge on any atom is 0.307 e. The average Bonchev–Trinajstić information content (AvgIpc) is 3.16. The molecule has 0 radical (unpaired) electrons. The lowest BCUT2D eigenvalue weighted by atomic mass is 9.82.